The third-order valence-electron chi connectivity index (χ3n) is 4.61. The molecular weight excluding hydrogens is 276 g/mol. The third kappa shape index (κ3) is 3.87. The van der Waals surface area contributed by atoms with Crippen LogP contribution in [0, 0.1) is 5.41 Å². The van der Waals surface area contributed by atoms with Crippen molar-refractivity contribution < 1.29 is 9.47 Å². The fraction of sp³-hybridized carbons (Fsp3) is 0.667. The van der Waals surface area contributed by atoms with Gasteiger partial charge in [-0.25, -0.2) is 0 Å². The van der Waals surface area contributed by atoms with Crippen molar-refractivity contribution in [2.45, 2.75) is 26.6 Å². The van der Waals surface area contributed by atoms with Gasteiger partial charge in [-0.1, -0.05) is 44.2 Å². The second-order valence-electron chi connectivity index (χ2n) is 7.06. The molecule has 2 fully saturated rings. The Balaban J connectivity index is 1.66. The van der Waals surface area contributed by atoms with Crippen molar-refractivity contribution in [3.8, 4) is 0 Å². The molecule has 0 bridgehead atoms. The zero-order chi connectivity index (χ0) is 15.4. The highest BCUT2D eigenvalue weighted by Gasteiger charge is 2.39. The summed E-state index contributed by atoms with van der Waals surface area (Å²) in [5.74, 6) is 0. The summed E-state index contributed by atoms with van der Waals surface area (Å²) in [4.78, 5) is 4.98. The van der Waals surface area contributed by atoms with Crippen LogP contribution in [0.1, 0.15) is 19.4 Å². The lowest BCUT2D eigenvalue weighted by Crippen LogP contribution is -2.53. The maximum Gasteiger partial charge on any atom is 0.117 e. The van der Waals surface area contributed by atoms with Crippen LogP contribution in [0.2, 0.25) is 0 Å². The summed E-state index contributed by atoms with van der Waals surface area (Å²) in [5, 5.41) is 0. The highest BCUT2D eigenvalue weighted by Crippen LogP contribution is 2.30. The van der Waals surface area contributed by atoms with Gasteiger partial charge in [0.25, 0.3) is 0 Å². The van der Waals surface area contributed by atoms with E-state index >= 15 is 0 Å². The first-order chi connectivity index (χ1) is 10.6. The van der Waals surface area contributed by atoms with E-state index in [0.717, 1.165) is 52.5 Å². The second kappa shape index (κ2) is 7.09. The zero-order valence-electron chi connectivity index (χ0n) is 13.8. The Morgan fingerprint density at radius 3 is 2.50 bits per heavy atom. The first-order valence-electron chi connectivity index (χ1n) is 8.35. The minimum atomic E-state index is 0.114. The first kappa shape index (κ1) is 15.9. The molecular formula is C18H28N2O2. The van der Waals surface area contributed by atoms with Crippen LogP contribution >= 0.6 is 0 Å². The molecule has 1 atom stereocenters. The van der Waals surface area contributed by atoms with Crippen LogP contribution in [0.15, 0.2) is 30.3 Å². The average molecular weight is 304 g/mol. The molecule has 0 aliphatic carbocycles. The molecule has 2 heterocycles. The average Bonchev–Trinajstić information content (AvgIpc) is 2.67. The fourth-order valence-corrected chi connectivity index (χ4v) is 3.64. The first-order valence-corrected chi connectivity index (χ1v) is 8.35. The summed E-state index contributed by atoms with van der Waals surface area (Å²) in [6.07, 6.45) is 0.192. The minimum Gasteiger partial charge on any atom is -0.379 e. The number of hydrogen-bond donors (Lipinski definition) is 0. The lowest BCUT2D eigenvalue weighted by molar-refractivity contribution is -0.137. The Bertz CT molecular complexity index is 457. The normalized spacial score (nSPS) is 27.5. The van der Waals surface area contributed by atoms with Crippen LogP contribution in [0.4, 0.5) is 0 Å². The van der Waals surface area contributed by atoms with Gasteiger partial charge in [0.2, 0.25) is 0 Å². The number of rotatable bonds is 3. The molecule has 1 aromatic rings. The quantitative estimate of drug-likeness (QED) is 0.855. The molecule has 4 nitrogen and oxygen atoms in total. The Morgan fingerprint density at radius 1 is 1.05 bits per heavy atom. The molecule has 2 aliphatic heterocycles. The van der Waals surface area contributed by atoms with E-state index in [0.29, 0.717) is 0 Å². The van der Waals surface area contributed by atoms with E-state index < -0.39 is 0 Å². The Hall–Kier alpha value is -0.940. The van der Waals surface area contributed by atoms with Gasteiger partial charge in [0.1, 0.15) is 6.23 Å². The topological polar surface area (TPSA) is 24.9 Å². The molecule has 0 aromatic heterocycles. The van der Waals surface area contributed by atoms with E-state index in [4.69, 9.17) is 9.47 Å². The van der Waals surface area contributed by atoms with Gasteiger partial charge in [-0.2, -0.15) is 0 Å². The number of nitrogens with zero attached hydrogens (tertiary/aromatic N) is 2. The van der Waals surface area contributed by atoms with Gasteiger partial charge < -0.3 is 9.47 Å². The zero-order valence-corrected chi connectivity index (χ0v) is 13.8. The lowest BCUT2D eigenvalue weighted by Gasteiger charge is -2.42. The molecule has 2 saturated heterocycles. The molecule has 0 saturated carbocycles. The molecule has 122 valence electrons. The van der Waals surface area contributed by atoms with E-state index in [1.807, 2.05) is 0 Å². The van der Waals surface area contributed by atoms with Gasteiger partial charge in [0, 0.05) is 38.1 Å². The predicted molar refractivity (Wildman–Crippen MR) is 87.6 cm³/mol. The van der Waals surface area contributed by atoms with Crippen molar-refractivity contribution in [1.82, 2.24) is 9.80 Å². The number of benzene rings is 1. The minimum absolute atomic E-state index is 0.114. The lowest BCUT2D eigenvalue weighted by atomic mass is 9.89. The molecule has 0 unspecified atom stereocenters. The number of hydrogen-bond acceptors (Lipinski definition) is 4. The highest BCUT2D eigenvalue weighted by atomic mass is 16.5. The van der Waals surface area contributed by atoms with Gasteiger partial charge >= 0.3 is 0 Å². The van der Waals surface area contributed by atoms with Gasteiger partial charge in [-0.3, -0.25) is 9.80 Å². The summed E-state index contributed by atoms with van der Waals surface area (Å²) in [6.45, 7) is 12.1. The molecule has 0 N–H and O–H groups in total. The number of ether oxygens (including phenoxy) is 2. The van der Waals surface area contributed by atoms with Crippen molar-refractivity contribution in [1.29, 1.82) is 0 Å². The van der Waals surface area contributed by atoms with Crippen molar-refractivity contribution in [2.24, 2.45) is 5.41 Å². The van der Waals surface area contributed by atoms with Crippen LogP contribution < -0.4 is 0 Å². The molecule has 0 spiro atoms. The van der Waals surface area contributed by atoms with Gasteiger partial charge in [0.15, 0.2) is 0 Å². The number of morpholine rings is 1. The molecule has 2 aliphatic rings. The van der Waals surface area contributed by atoms with Gasteiger partial charge in [-0.05, 0) is 5.56 Å². The van der Waals surface area contributed by atoms with E-state index in [-0.39, 0.29) is 11.6 Å². The van der Waals surface area contributed by atoms with Crippen LogP contribution in [-0.2, 0) is 16.0 Å². The summed E-state index contributed by atoms with van der Waals surface area (Å²) in [7, 11) is 0. The van der Waals surface area contributed by atoms with Crippen molar-refractivity contribution in [3.63, 3.8) is 0 Å². The van der Waals surface area contributed by atoms with E-state index in [2.05, 4.69) is 54.0 Å². The Kier molecular flexibility index (Phi) is 5.14. The molecule has 0 amide bonds. The van der Waals surface area contributed by atoms with Crippen molar-refractivity contribution >= 4 is 0 Å². The summed E-state index contributed by atoms with van der Waals surface area (Å²) < 4.78 is 11.7. The van der Waals surface area contributed by atoms with Crippen LogP contribution in [0.25, 0.3) is 0 Å². The standard InChI is InChI=1S/C18H28N2O2/c1-18(2)15-19(14-16-6-4-3-5-7-16)8-13-22-17(18)20-9-11-21-12-10-20/h3-7,17H,8-15H2,1-2H3/t17-/m0/s1. The fourth-order valence-electron chi connectivity index (χ4n) is 3.64. The maximum atomic E-state index is 6.25. The van der Waals surface area contributed by atoms with Gasteiger partial charge in [0.05, 0.1) is 19.8 Å². The largest absolute Gasteiger partial charge is 0.379 e. The van der Waals surface area contributed by atoms with Crippen molar-refractivity contribution in [3.05, 3.63) is 35.9 Å². The Labute approximate surface area is 134 Å². The summed E-state index contributed by atoms with van der Waals surface area (Å²) >= 11 is 0. The monoisotopic (exact) mass is 304 g/mol. The highest BCUT2D eigenvalue weighted by molar-refractivity contribution is 5.14. The second-order valence-corrected chi connectivity index (χ2v) is 7.06. The van der Waals surface area contributed by atoms with Crippen LogP contribution in [-0.4, -0.2) is 62.0 Å². The van der Waals surface area contributed by atoms with Crippen LogP contribution in [0.3, 0.4) is 0 Å². The smallest absolute Gasteiger partial charge is 0.117 e. The summed E-state index contributed by atoms with van der Waals surface area (Å²) in [6, 6.07) is 10.7. The Morgan fingerprint density at radius 2 is 1.77 bits per heavy atom. The van der Waals surface area contributed by atoms with E-state index in [1.54, 1.807) is 0 Å². The molecule has 0 radical (unpaired) electrons. The third-order valence-corrected chi connectivity index (χ3v) is 4.61. The molecule has 3 rings (SSSR count). The summed E-state index contributed by atoms with van der Waals surface area (Å²) in [5.41, 5.74) is 1.49. The van der Waals surface area contributed by atoms with E-state index in [9.17, 15) is 0 Å². The van der Waals surface area contributed by atoms with Crippen molar-refractivity contribution in [2.75, 3.05) is 46.0 Å². The predicted octanol–water partition coefficient (Wildman–Crippen LogP) is 2.20. The molecule has 1 aromatic carbocycles. The van der Waals surface area contributed by atoms with Crippen LogP contribution in [0.5, 0.6) is 0 Å². The van der Waals surface area contributed by atoms with Gasteiger partial charge in [-0.15, -0.1) is 0 Å². The SMILES string of the molecule is CC1(C)CN(Cc2ccccc2)CCO[C@@H]1N1CCOCC1. The van der Waals surface area contributed by atoms with E-state index in [1.165, 1.54) is 5.56 Å². The maximum absolute atomic E-state index is 6.25. The molecule has 4 heteroatoms. The molecule has 22 heavy (non-hydrogen) atoms.